The molecule has 0 aliphatic carbocycles. The van der Waals surface area contributed by atoms with E-state index < -0.39 is 10.0 Å². The molecule has 0 spiro atoms. The molecular weight excluding hydrogens is 469 g/mol. The lowest BCUT2D eigenvalue weighted by atomic mass is 10.2. The summed E-state index contributed by atoms with van der Waals surface area (Å²) in [6, 6.07) is 14.4. The Hall–Kier alpha value is -2.39. The number of halogens is 2. The average Bonchev–Trinajstić information content (AvgIpc) is 2.76. The van der Waals surface area contributed by atoms with Crippen LogP contribution in [0.25, 0.3) is 0 Å². The zero-order chi connectivity index (χ0) is 22.9. The Balaban J connectivity index is 1.49. The van der Waals surface area contributed by atoms with E-state index in [0.29, 0.717) is 42.8 Å². The molecule has 7 nitrogen and oxygen atoms in total. The van der Waals surface area contributed by atoms with Gasteiger partial charge in [-0.05, 0) is 44.2 Å². The van der Waals surface area contributed by atoms with Gasteiger partial charge < -0.3 is 10.2 Å². The van der Waals surface area contributed by atoms with Crippen LogP contribution in [0.15, 0.2) is 53.4 Å². The number of hydrogen-bond acceptors (Lipinski definition) is 6. The van der Waals surface area contributed by atoms with Crippen LogP contribution in [0.3, 0.4) is 0 Å². The van der Waals surface area contributed by atoms with E-state index in [2.05, 4.69) is 20.2 Å². The first-order chi connectivity index (χ1) is 15.2. The van der Waals surface area contributed by atoms with Gasteiger partial charge in [-0.2, -0.15) is 4.31 Å². The third-order valence-electron chi connectivity index (χ3n) is 5.22. The fraction of sp³-hybridized carbons (Fsp3) is 0.273. The first-order valence-corrected chi connectivity index (χ1v) is 12.3. The maximum Gasteiger partial charge on any atom is 0.244 e. The van der Waals surface area contributed by atoms with Crippen molar-refractivity contribution in [2.45, 2.75) is 18.7 Å². The average molecular weight is 492 g/mol. The van der Waals surface area contributed by atoms with Crippen molar-refractivity contribution in [1.82, 2.24) is 14.3 Å². The standard InChI is InChI=1S/C22H23Cl2N5O2S/c1-15-3-6-18(7-4-15)27-21-14-22(26-16(2)25-21)28-9-11-29(12-10-28)32(30,31)20-13-17(23)5-8-19(20)24/h3-8,13-14H,9-12H2,1-2H3,(H,25,26,27). The molecule has 1 saturated heterocycles. The molecule has 1 aromatic heterocycles. The number of benzene rings is 2. The predicted octanol–water partition coefficient (Wildman–Crippen LogP) is 4.65. The SMILES string of the molecule is Cc1ccc(Nc2cc(N3CCN(S(=O)(=O)c4cc(Cl)ccc4Cl)CC3)nc(C)n2)cc1. The zero-order valence-corrected chi connectivity index (χ0v) is 20.0. The summed E-state index contributed by atoms with van der Waals surface area (Å²) in [5.74, 6) is 2.08. The molecule has 1 aliphatic rings. The number of aromatic nitrogens is 2. The molecule has 0 unspecified atom stereocenters. The molecule has 168 valence electrons. The summed E-state index contributed by atoms with van der Waals surface area (Å²) in [5, 5.41) is 3.80. The van der Waals surface area contributed by atoms with Gasteiger partial charge in [-0.15, -0.1) is 0 Å². The number of sulfonamides is 1. The van der Waals surface area contributed by atoms with Crippen LogP contribution in [0.2, 0.25) is 10.0 Å². The summed E-state index contributed by atoms with van der Waals surface area (Å²) in [6.45, 7) is 5.50. The van der Waals surface area contributed by atoms with Crippen LogP contribution in [0, 0.1) is 13.8 Å². The van der Waals surface area contributed by atoms with Crippen LogP contribution in [0.4, 0.5) is 17.3 Å². The molecule has 1 fully saturated rings. The van der Waals surface area contributed by atoms with Gasteiger partial charge in [0.05, 0.1) is 5.02 Å². The van der Waals surface area contributed by atoms with Gasteiger partial charge in [-0.25, -0.2) is 18.4 Å². The molecule has 3 aromatic rings. The van der Waals surface area contributed by atoms with Gasteiger partial charge in [0.1, 0.15) is 22.4 Å². The van der Waals surface area contributed by atoms with Gasteiger partial charge in [0, 0.05) is 43.0 Å². The van der Waals surface area contributed by atoms with Gasteiger partial charge >= 0.3 is 0 Å². The Morgan fingerprint density at radius 2 is 1.59 bits per heavy atom. The molecule has 0 amide bonds. The van der Waals surface area contributed by atoms with E-state index in [1.165, 1.54) is 22.0 Å². The summed E-state index contributed by atoms with van der Waals surface area (Å²) < 4.78 is 27.6. The van der Waals surface area contributed by atoms with Gasteiger partial charge in [-0.1, -0.05) is 40.9 Å². The van der Waals surface area contributed by atoms with E-state index in [1.54, 1.807) is 6.07 Å². The molecule has 1 N–H and O–H groups in total. The van der Waals surface area contributed by atoms with Crippen LogP contribution in [0.5, 0.6) is 0 Å². The second-order valence-corrected chi connectivity index (χ2v) is 10.4. The van der Waals surface area contributed by atoms with Crippen molar-refractivity contribution in [2.75, 3.05) is 36.4 Å². The Labute approximate surface area is 198 Å². The number of rotatable bonds is 5. The molecular formula is C22H23Cl2N5O2S. The summed E-state index contributed by atoms with van der Waals surface area (Å²) in [5.41, 5.74) is 2.12. The maximum absolute atomic E-state index is 13.1. The molecule has 0 atom stereocenters. The van der Waals surface area contributed by atoms with Crippen molar-refractivity contribution in [2.24, 2.45) is 0 Å². The highest BCUT2D eigenvalue weighted by Gasteiger charge is 2.31. The molecule has 2 heterocycles. The minimum atomic E-state index is -3.74. The third-order valence-corrected chi connectivity index (χ3v) is 7.84. The second-order valence-electron chi connectivity index (χ2n) is 7.62. The lowest BCUT2D eigenvalue weighted by molar-refractivity contribution is 0.383. The van der Waals surface area contributed by atoms with E-state index in [0.717, 1.165) is 11.5 Å². The van der Waals surface area contributed by atoms with Gasteiger partial charge in [-0.3, -0.25) is 0 Å². The quantitative estimate of drug-likeness (QED) is 0.559. The first-order valence-electron chi connectivity index (χ1n) is 10.1. The van der Waals surface area contributed by atoms with Crippen molar-refractivity contribution < 1.29 is 8.42 Å². The number of piperazine rings is 1. The molecule has 0 radical (unpaired) electrons. The van der Waals surface area contributed by atoms with Crippen molar-refractivity contribution in [1.29, 1.82) is 0 Å². The Morgan fingerprint density at radius 3 is 2.28 bits per heavy atom. The molecule has 10 heteroatoms. The fourth-order valence-electron chi connectivity index (χ4n) is 3.53. The highest BCUT2D eigenvalue weighted by atomic mass is 35.5. The van der Waals surface area contributed by atoms with Crippen LogP contribution >= 0.6 is 23.2 Å². The molecule has 4 rings (SSSR count). The van der Waals surface area contributed by atoms with E-state index in [4.69, 9.17) is 23.2 Å². The number of aryl methyl sites for hydroxylation is 2. The minimum absolute atomic E-state index is 0.0302. The molecule has 0 bridgehead atoms. The number of nitrogens with one attached hydrogen (secondary N) is 1. The zero-order valence-electron chi connectivity index (χ0n) is 17.7. The van der Waals surface area contributed by atoms with E-state index in [-0.39, 0.29) is 9.92 Å². The minimum Gasteiger partial charge on any atom is -0.354 e. The van der Waals surface area contributed by atoms with Crippen molar-refractivity contribution in [3.8, 4) is 0 Å². The highest BCUT2D eigenvalue weighted by molar-refractivity contribution is 7.89. The molecule has 32 heavy (non-hydrogen) atoms. The summed E-state index contributed by atoms with van der Waals surface area (Å²) in [7, 11) is -3.74. The largest absolute Gasteiger partial charge is 0.354 e. The summed E-state index contributed by atoms with van der Waals surface area (Å²) >= 11 is 12.1. The van der Waals surface area contributed by atoms with E-state index in [9.17, 15) is 8.42 Å². The van der Waals surface area contributed by atoms with E-state index >= 15 is 0 Å². The van der Waals surface area contributed by atoms with Crippen molar-refractivity contribution in [3.63, 3.8) is 0 Å². The number of anilines is 3. The highest BCUT2D eigenvalue weighted by Crippen LogP contribution is 2.29. The van der Waals surface area contributed by atoms with Crippen molar-refractivity contribution >= 4 is 50.5 Å². The smallest absolute Gasteiger partial charge is 0.244 e. The third kappa shape index (κ3) is 4.99. The number of hydrogen-bond donors (Lipinski definition) is 1. The van der Waals surface area contributed by atoms with Gasteiger partial charge in [0.2, 0.25) is 10.0 Å². The van der Waals surface area contributed by atoms with Crippen LogP contribution in [-0.4, -0.2) is 48.9 Å². The van der Waals surface area contributed by atoms with Gasteiger partial charge in [0.15, 0.2) is 0 Å². The Morgan fingerprint density at radius 1 is 0.906 bits per heavy atom. The molecule has 1 aliphatic heterocycles. The lowest BCUT2D eigenvalue weighted by Crippen LogP contribution is -2.49. The summed E-state index contributed by atoms with van der Waals surface area (Å²) in [6.07, 6.45) is 0. The molecule has 2 aromatic carbocycles. The lowest BCUT2D eigenvalue weighted by Gasteiger charge is -2.35. The van der Waals surface area contributed by atoms with Crippen LogP contribution in [0.1, 0.15) is 11.4 Å². The fourth-order valence-corrected chi connectivity index (χ4v) is 5.69. The second kappa shape index (κ2) is 9.23. The normalized spacial score (nSPS) is 15.1. The number of nitrogens with zero attached hydrogens (tertiary/aromatic N) is 4. The predicted molar refractivity (Wildman–Crippen MR) is 129 cm³/mol. The van der Waals surface area contributed by atoms with Crippen LogP contribution in [-0.2, 0) is 10.0 Å². The summed E-state index contributed by atoms with van der Waals surface area (Å²) in [4.78, 5) is 11.1. The van der Waals surface area contributed by atoms with E-state index in [1.807, 2.05) is 44.2 Å². The monoisotopic (exact) mass is 491 g/mol. The topological polar surface area (TPSA) is 78.4 Å². The van der Waals surface area contributed by atoms with Crippen LogP contribution < -0.4 is 10.2 Å². The van der Waals surface area contributed by atoms with Gasteiger partial charge in [0.25, 0.3) is 0 Å². The first kappa shape index (κ1) is 22.8. The Bertz CT molecular complexity index is 1230. The Kier molecular flexibility index (Phi) is 6.57. The molecule has 0 saturated carbocycles. The maximum atomic E-state index is 13.1. The van der Waals surface area contributed by atoms with Crippen molar-refractivity contribution in [3.05, 3.63) is 70.0 Å².